The molecule has 4 heteroatoms. The summed E-state index contributed by atoms with van der Waals surface area (Å²) in [6.45, 7) is 4.79. The Morgan fingerprint density at radius 1 is 1.14 bits per heavy atom. The van der Waals surface area contributed by atoms with Crippen LogP contribution in [0.15, 0.2) is 42.5 Å². The van der Waals surface area contributed by atoms with E-state index in [1.165, 1.54) is 0 Å². The molecule has 0 aromatic heterocycles. The van der Waals surface area contributed by atoms with Gasteiger partial charge < -0.3 is 15.8 Å². The number of benzene rings is 2. The standard InChI is InChI=1S/C17H20N2O2/c1-12-4-3-5-14(10-12)21-9-8-19-17(20)15-11-13(2)6-7-16(15)18/h3-7,10-11H,8-9,18H2,1-2H3,(H,19,20). The van der Waals surface area contributed by atoms with E-state index < -0.39 is 0 Å². The maximum absolute atomic E-state index is 12.0. The van der Waals surface area contributed by atoms with Crippen LogP contribution in [0.25, 0.3) is 0 Å². The second-order valence-corrected chi connectivity index (χ2v) is 5.01. The molecule has 4 nitrogen and oxygen atoms in total. The van der Waals surface area contributed by atoms with Crippen molar-refractivity contribution in [3.63, 3.8) is 0 Å². The number of rotatable bonds is 5. The van der Waals surface area contributed by atoms with Crippen LogP contribution < -0.4 is 15.8 Å². The van der Waals surface area contributed by atoms with E-state index in [2.05, 4.69) is 5.32 Å². The largest absolute Gasteiger partial charge is 0.492 e. The minimum atomic E-state index is -0.177. The van der Waals surface area contributed by atoms with Crippen LogP contribution in [-0.2, 0) is 0 Å². The van der Waals surface area contributed by atoms with Gasteiger partial charge in [0.2, 0.25) is 0 Å². The average Bonchev–Trinajstić information content (AvgIpc) is 2.46. The number of hydrogen-bond acceptors (Lipinski definition) is 3. The Hall–Kier alpha value is -2.49. The van der Waals surface area contributed by atoms with Crippen molar-refractivity contribution >= 4 is 11.6 Å². The molecule has 21 heavy (non-hydrogen) atoms. The zero-order valence-electron chi connectivity index (χ0n) is 12.3. The smallest absolute Gasteiger partial charge is 0.253 e. The van der Waals surface area contributed by atoms with Gasteiger partial charge in [0.1, 0.15) is 12.4 Å². The second kappa shape index (κ2) is 6.79. The lowest BCUT2D eigenvalue weighted by Crippen LogP contribution is -2.28. The molecule has 0 radical (unpaired) electrons. The summed E-state index contributed by atoms with van der Waals surface area (Å²) < 4.78 is 5.58. The Morgan fingerprint density at radius 3 is 2.67 bits per heavy atom. The molecule has 2 aromatic rings. The Labute approximate surface area is 124 Å². The lowest BCUT2D eigenvalue weighted by Gasteiger charge is -2.10. The fourth-order valence-electron chi connectivity index (χ4n) is 2.00. The third kappa shape index (κ3) is 4.24. The van der Waals surface area contributed by atoms with Gasteiger partial charge in [0.05, 0.1) is 12.1 Å². The molecule has 1 amide bonds. The number of amides is 1. The fraction of sp³-hybridized carbons (Fsp3) is 0.235. The van der Waals surface area contributed by atoms with Gasteiger partial charge in [0.15, 0.2) is 0 Å². The van der Waals surface area contributed by atoms with E-state index >= 15 is 0 Å². The van der Waals surface area contributed by atoms with E-state index in [0.717, 1.165) is 16.9 Å². The zero-order chi connectivity index (χ0) is 15.2. The first-order valence-electron chi connectivity index (χ1n) is 6.90. The van der Waals surface area contributed by atoms with Crippen molar-refractivity contribution in [1.82, 2.24) is 5.32 Å². The molecule has 0 aliphatic rings. The molecule has 0 unspecified atom stereocenters. The highest BCUT2D eigenvalue weighted by molar-refractivity contribution is 5.99. The Bertz CT molecular complexity index is 638. The van der Waals surface area contributed by atoms with E-state index in [0.29, 0.717) is 24.4 Å². The molecule has 3 N–H and O–H groups in total. The zero-order valence-corrected chi connectivity index (χ0v) is 12.3. The molecule has 0 fully saturated rings. The van der Waals surface area contributed by atoms with Gasteiger partial charge in [-0.25, -0.2) is 0 Å². The normalized spacial score (nSPS) is 10.2. The van der Waals surface area contributed by atoms with E-state index in [-0.39, 0.29) is 5.91 Å². The van der Waals surface area contributed by atoms with E-state index in [9.17, 15) is 4.79 Å². The minimum absolute atomic E-state index is 0.177. The summed E-state index contributed by atoms with van der Waals surface area (Å²) >= 11 is 0. The van der Waals surface area contributed by atoms with Crippen molar-refractivity contribution in [2.45, 2.75) is 13.8 Å². The monoisotopic (exact) mass is 284 g/mol. The number of nitrogens with one attached hydrogen (secondary N) is 1. The van der Waals surface area contributed by atoms with Crippen molar-refractivity contribution in [1.29, 1.82) is 0 Å². The van der Waals surface area contributed by atoms with E-state index in [1.54, 1.807) is 12.1 Å². The summed E-state index contributed by atoms with van der Waals surface area (Å²) in [6.07, 6.45) is 0. The molecule has 0 bridgehead atoms. The van der Waals surface area contributed by atoms with Gasteiger partial charge in [-0.1, -0.05) is 23.8 Å². The summed E-state index contributed by atoms with van der Waals surface area (Å²) in [5.41, 5.74) is 8.95. The van der Waals surface area contributed by atoms with Gasteiger partial charge in [0.25, 0.3) is 5.91 Å². The molecule has 0 heterocycles. The predicted molar refractivity (Wildman–Crippen MR) is 84.6 cm³/mol. The van der Waals surface area contributed by atoms with Crippen LogP contribution in [-0.4, -0.2) is 19.1 Å². The molecular weight excluding hydrogens is 264 g/mol. The summed E-state index contributed by atoms with van der Waals surface area (Å²) in [4.78, 5) is 12.0. The van der Waals surface area contributed by atoms with E-state index in [4.69, 9.17) is 10.5 Å². The molecule has 110 valence electrons. The van der Waals surface area contributed by atoms with Crippen LogP contribution in [0.4, 0.5) is 5.69 Å². The molecule has 0 saturated heterocycles. The fourth-order valence-corrected chi connectivity index (χ4v) is 2.00. The molecule has 0 aliphatic carbocycles. The highest BCUT2D eigenvalue weighted by atomic mass is 16.5. The van der Waals surface area contributed by atoms with Crippen LogP contribution in [0.3, 0.4) is 0 Å². The number of nitrogen functional groups attached to an aromatic ring is 1. The maximum atomic E-state index is 12.0. The molecule has 0 saturated carbocycles. The van der Waals surface area contributed by atoms with Crippen LogP contribution >= 0.6 is 0 Å². The van der Waals surface area contributed by atoms with E-state index in [1.807, 2.05) is 44.2 Å². The van der Waals surface area contributed by atoms with Crippen molar-refractivity contribution in [2.75, 3.05) is 18.9 Å². The lowest BCUT2D eigenvalue weighted by atomic mass is 10.1. The van der Waals surface area contributed by atoms with Gasteiger partial charge in [-0.3, -0.25) is 4.79 Å². The number of carbonyl (C=O) groups excluding carboxylic acids is 1. The molecule has 2 aromatic carbocycles. The summed E-state index contributed by atoms with van der Waals surface area (Å²) in [5.74, 6) is 0.628. The van der Waals surface area contributed by atoms with Gasteiger partial charge in [-0.15, -0.1) is 0 Å². The Kier molecular flexibility index (Phi) is 4.82. The van der Waals surface area contributed by atoms with Crippen LogP contribution in [0.1, 0.15) is 21.5 Å². The predicted octanol–water partition coefficient (Wildman–Crippen LogP) is 2.69. The van der Waals surface area contributed by atoms with Gasteiger partial charge in [0, 0.05) is 5.69 Å². The first kappa shape index (κ1) is 14.9. The number of aryl methyl sites for hydroxylation is 2. The van der Waals surface area contributed by atoms with Gasteiger partial charge in [-0.2, -0.15) is 0 Å². The van der Waals surface area contributed by atoms with Crippen LogP contribution in [0, 0.1) is 13.8 Å². The quantitative estimate of drug-likeness (QED) is 0.655. The molecule has 0 spiro atoms. The van der Waals surface area contributed by atoms with Crippen molar-refractivity contribution in [3.8, 4) is 5.75 Å². The summed E-state index contributed by atoms with van der Waals surface area (Å²) in [6, 6.07) is 13.2. The Morgan fingerprint density at radius 2 is 1.90 bits per heavy atom. The van der Waals surface area contributed by atoms with Gasteiger partial charge >= 0.3 is 0 Å². The third-order valence-electron chi connectivity index (χ3n) is 3.10. The molecule has 0 aliphatic heterocycles. The SMILES string of the molecule is Cc1cccc(OCCNC(=O)c2cc(C)ccc2N)c1. The first-order chi connectivity index (χ1) is 10.1. The molecular formula is C17H20N2O2. The van der Waals surface area contributed by atoms with Crippen LogP contribution in [0.5, 0.6) is 5.75 Å². The summed E-state index contributed by atoms with van der Waals surface area (Å²) in [7, 11) is 0. The number of ether oxygens (including phenoxy) is 1. The lowest BCUT2D eigenvalue weighted by molar-refractivity contribution is 0.0948. The van der Waals surface area contributed by atoms with Crippen LogP contribution in [0.2, 0.25) is 0 Å². The molecule has 2 rings (SSSR count). The average molecular weight is 284 g/mol. The van der Waals surface area contributed by atoms with Crippen molar-refractivity contribution in [2.24, 2.45) is 0 Å². The number of carbonyl (C=O) groups is 1. The van der Waals surface area contributed by atoms with Gasteiger partial charge in [-0.05, 0) is 43.7 Å². The number of hydrogen-bond donors (Lipinski definition) is 2. The highest BCUT2D eigenvalue weighted by Crippen LogP contribution is 2.14. The second-order valence-electron chi connectivity index (χ2n) is 5.01. The maximum Gasteiger partial charge on any atom is 0.253 e. The summed E-state index contributed by atoms with van der Waals surface area (Å²) in [5, 5.41) is 2.81. The molecule has 0 atom stereocenters. The highest BCUT2D eigenvalue weighted by Gasteiger charge is 2.09. The topological polar surface area (TPSA) is 64.3 Å². The van der Waals surface area contributed by atoms with Crippen molar-refractivity contribution in [3.05, 3.63) is 59.2 Å². The number of nitrogens with two attached hydrogens (primary N) is 1. The minimum Gasteiger partial charge on any atom is -0.492 e. The van der Waals surface area contributed by atoms with Crippen molar-refractivity contribution < 1.29 is 9.53 Å². The third-order valence-corrected chi connectivity index (χ3v) is 3.10. The Balaban J connectivity index is 1.83. The number of anilines is 1. The first-order valence-corrected chi connectivity index (χ1v) is 6.90.